The fourth-order valence-corrected chi connectivity index (χ4v) is 3.53. The van der Waals surface area contributed by atoms with Crippen LogP contribution in [0, 0.1) is 0 Å². The summed E-state index contributed by atoms with van der Waals surface area (Å²) in [7, 11) is 0. The molecule has 2 heterocycles. The third-order valence-corrected chi connectivity index (χ3v) is 4.81. The van der Waals surface area contributed by atoms with E-state index < -0.39 is 0 Å². The largest absolute Gasteiger partial charge is 0.367 e. The Labute approximate surface area is 140 Å². The first-order valence-corrected chi connectivity index (χ1v) is 8.55. The van der Waals surface area contributed by atoms with E-state index in [9.17, 15) is 0 Å². The molecule has 1 saturated carbocycles. The van der Waals surface area contributed by atoms with Gasteiger partial charge in [0, 0.05) is 24.0 Å². The van der Waals surface area contributed by atoms with Crippen LogP contribution in [0.1, 0.15) is 32.1 Å². The number of fused-ring (bicyclic) bond motifs is 1. The lowest BCUT2D eigenvalue weighted by Crippen LogP contribution is -2.23. The number of benzene rings is 1. The summed E-state index contributed by atoms with van der Waals surface area (Å²) in [5.41, 5.74) is 1.82. The molecule has 0 atom stereocenters. The molecule has 0 bridgehead atoms. The van der Waals surface area contributed by atoms with Gasteiger partial charge in [0.1, 0.15) is 11.5 Å². The molecule has 0 amide bonds. The monoisotopic (exact) mass is 326 g/mol. The van der Waals surface area contributed by atoms with E-state index in [2.05, 4.69) is 10.3 Å². The second-order valence-electron chi connectivity index (χ2n) is 6.06. The molecule has 23 heavy (non-hydrogen) atoms. The maximum Gasteiger partial charge on any atom is 0.235 e. The van der Waals surface area contributed by atoms with Crippen LogP contribution in [-0.2, 0) is 0 Å². The summed E-state index contributed by atoms with van der Waals surface area (Å²) < 4.78 is 2.02. The summed E-state index contributed by atoms with van der Waals surface area (Å²) in [6.45, 7) is 0. The van der Waals surface area contributed by atoms with Gasteiger partial charge in [-0.25, -0.2) is 9.97 Å². The average molecular weight is 327 g/mol. The Morgan fingerprint density at radius 1 is 1.09 bits per heavy atom. The molecule has 1 aliphatic carbocycles. The van der Waals surface area contributed by atoms with Crippen molar-refractivity contribution in [1.29, 1.82) is 0 Å². The Kier molecular flexibility index (Phi) is 3.92. The van der Waals surface area contributed by atoms with Crippen molar-refractivity contribution in [2.75, 3.05) is 5.32 Å². The Balaban J connectivity index is 1.83. The highest BCUT2D eigenvalue weighted by molar-refractivity contribution is 6.33. The minimum absolute atomic E-state index is 0.491. The molecule has 0 radical (unpaired) electrons. The quantitative estimate of drug-likeness (QED) is 0.752. The molecular weight excluding hydrogens is 308 g/mol. The van der Waals surface area contributed by atoms with Gasteiger partial charge in [0.2, 0.25) is 5.78 Å². The van der Waals surface area contributed by atoms with Gasteiger partial charge in [-0.05, 0) is 25.0 Å². The molecule has 0 spiro atoms. The zero-order valence-corrected chi connectivity index (χ0v) is 13.6. The first-order valence-electron chi connectivity index (χ1n) is 8.17. The summed E-state index contributed by atoms with van der Waals surface area (Å²) in [4.78, 5) is 9.09. The van der Waals surface area contributed by atoms with Gasteiger partial charge in [-0.1, -0.05) is 49.1 Å². The van der Waals surface area contributed by atoms with Gasteiger partial charge < -0.3 is 5.32 Å². The lowest BCUT2D eigenvalue weighted by atomic mass is 9.95. The highest BCUT2D eigenvalue weighted by Gasteiger charge is 2.20. The molecule has 1 fully saturated rings. The summed E-state index contributed by atoms with van der Waals surface area (Å²) in [6, 6.07) is 10.3. The minimum atomic E-state index is 0.491. The number of anilines is 1. The van der Waals surface area contributed by atoms with E-state index in [4.69, 9.17) is 16.6 Å². The van der Waals surface area contributed by atoms with Crippen molar-refractivity contribution in [1.82, 2.24) is 14.4 Å². The van der Waals surface area contributed by atoms with Gasteiger partial charge in [-0.15, -0.1) is 0 Å². The van der Waals surface area contributed by atoms with E-state index in [0.717, 1.165) is 17.1 Å². The number of hydrogen-bond donors (Lipinski definition) is 1. The van der Waals surface area contributed by atoms with Crippen LogP contribution in [0.4, 0.5) is 5.82 Å². The van der Waals surface area contributed by atoms with Crippen molar-refractivity contribution in [2.24, 2.45) is 0 Å². The highest BCUT2D eigenvalue weighted by atomic mass is 35.5. The van der Waals surface area contributed by atoms with E-state index in [1.165, 1.54) is 32.1 Å². The number of halogens is 1. The van der Waals surface area contributed by atoms with Crippen LogP contribution < -0.4 is 5.32 Å². The zero-order valence-electron chi connectivity index (χ0n) is 12.9. The van der Waals surface area contributed by atoms with Crippen molar-refractivity contribution >= 4 is 23.2 Å². The highest BCUT2D eigenvalue weighted by Crippen LogP contribution is 2.34. The number of aromatic nitrogens is 3. The number of imidazole rings is 1. The van der Waals surface area contributed by atoms with Crippen LogP contribution in [0.2, 0.25) is 5.02 Å². The smallest absolute Gasteiger partial charge is 0.235 e. The normalized spacial score (nSPS) is 15.9. The summed E-state index contributed by atoms with van der Waals surface area (Å²) in [5.74, 6) is 1.69. The van der Waals surface area contributed by atoms with Crippen LogP contribution in [-0.4, -0.2) is 20.4 Å². The van der Waals surface area contributed by atoms with Crippen LogP contribution in [0.5, 0.6) is 0 Å². The fraction of sp³-hybridized carbons (Fsp3) is 0.333. The van der Waals surface area contributed by atoms with Gasteiger partial charge in [0.25, 0.3) is 0 Å². The standard InChI is InChI=1S/C18H19ClN4/c19-15-10-5-4-9-14(15)16-17(21-13-7-2-1-3-8-13)23-12-6-11-20-18(23)22-16/h4-6,9-13,21H,1-3,7-8H2. The second kappa shape index (κ2) is 6.20. The lowest BCUT2D eigenvalue weighted by Gasteiger charge is -2.24. The molecule has 0 unspecified atom stereocenters. The van der Waals surface area contributed by atoms with Gasteiger partial charge in [-0.3, -0.25) is 4.40 Å². The SMILES string of the molecule is Clc1ccccc1-c1nc2ncccn2c1NC1CCCCC1. The molecule has 5 heteroatoms. The maximum absolute atomic E-state index is 6.40. The Morgan fingerprint density at radius 2 is 1.91 bits per heavy atom. The van der Waals surface area contributed by atoms with E-state index in [0.29, 0.717) is 16.8 Å². The predicted octanol–water partition coefficient (Wildman–Crippen LogP) is 4.79. The molecule has 1 aromatic carbocycles. The van der Waals surface area contributed by atoms with Crippen molar-refractivity contribution in [2.45, 2.75) is 38.1 Å². The van der Waals surface area contributed by atoms with E-state index >= 15 is 0 Å². The zero-order chi connectivity index (χ0) is 15.6. The number of nitrogens with one attached hydrogen (secondary N) is 1. The van der Waals surface area contributed by atoms with E-state index in [-0.39, 0.29) is 0 Å². The van der Waals surface area contributed by atoms with Crippen LogP contribution in [0.15, 0.2) is 42.7 Å². The van der Waals surface area contributed by atoms with Crippen molar-refractivity contribution in [3.05, 3.63) is 47.7 Å². The van der Waals surface area contributed by atoms with E-state index in [1.807, 2.05) is 40.9 Å². The number of hydrogen-bond acceptors (Lipinski definition) is 3. The number of rotatable bonds is 3. The first-order chi connectivity index (χ1) is 11.3. The summed E-state index contributed by atoms with van der Waals surface area (Å²) in [5, 5.41) is 4.41. The van der Waals surface area contributed by atoms with Crippen LogP contribution >= 0.6 is 11.6 Å². The molecule has 3 aromatic rings. The third-order valence-electron chi connectivity index (χ3n) is 4.48. The maximum atomic E-state index is 6.40. The van der Waals surface area contributed by atoms with Gasteiger partial charge >= 0.3 is 0 Å². The number of nitrogens with zero attached hydrogens (tertiary/aromatic N) is 3. The molecule has 1 N–H and O–H groups in total. The first kappa shape index (κ1) is 14.5. The van der Waals surface area contributed by atoms with Gasteiger partial charge in [-0.2, -0.15) is 0 Å². The molecular formula is C18H19ClN4. The Hall–Kier alpha value is -2.07. The molecule has 0 aliphatic heterocycles. The molecule has 0 saturated heterocycles. The van der Waals surface area contributed by atoms with Crippen molar-refractivity contribution in [3.8, 4) is 11.3 Å². The van der Waals surface area contributed by atoms with Gasteiger partial charge in [0.05, 0.1) is 5.02 Å². The summed E-state index contributed by atoms with van der Waals surface area (Å²) >= 11 is 6.40. The van der Waals surface area contributed by atoms with Crippen molar-refractivity contribution < 1.29 is 0 Å². The molecule has 4 nitrogen and oxygen atoms in total. The van der Waals surface area contributed by atoms with Crippen LogP contribution in [0.3, 0.4) is 0 Å². The summed E-state index contributed by atoms with van der Waals surface area (Å²) in [6.07, 6.45) is 10.1. The minimum Gasteiger partial charge on any atom is -0.367 e. The second-order valence-corrected chi connectivity index (χ2v) is 6.47. The Bertz CT molecular complexity index is 821. The molecule has 4 rings (SSSR count). The van der Waals surface area contributed by atoms with E-state index in [1.54, 1.807) is 6.20 Å². The van der Waals surface area contributed by atoms with Crippen molar-refractivity contribution in [3.63, 3.8) is 0 Å². The third kappa shape index (κ3) is 2.79. The molecule has 118 valence electrons. The lowest BCUT2D eigenvalue weighted by molar-refractivity contribution is 0.461. The van der Waals surface area contributed by atoms with Gasteiger partial charge in [0.15, 0.2) is 0 Å². The molecule has 2 aromatic heterocycles. The predicted molar refractivity (Wildman–Crippen MR) is 93.9 cm³/mol. The molecule has 1 aliphatic rings. The fourth-order valence-electron chi connectivity index (χ4n) is 3.31. The topological polar surface area (TPSA) is 42.2 Å². The Morgan fingerprint density at radius 3 is 2.74 bits per heavy atom. The van der Waals surface area contributed by atoms with Crippen LogP contribution in [0.25, 0.3) is 17.0 Å². The average Bonchev–Trinajstić information content (AvgIpc) is 2.95.